The third-order valence-corrected chi connectivity index (χ3v) is 1.49. The van der Waals surface area contributed by atoms with Crippen LogP contribution in [0.1, 0.15) is 25.0 Å². The first kappa shape index (κ1) is 11.7. The molecule has 0 aliphatic carbocycles. The molecule has 1 N–H and O–H groups in total. The average molecular weight is 180 g/mol. The Bertz CT molecular complexity index is 286. The minimum absolute atomic E-state index is 0.167. The number of phenolic OH excluding ortho intramolecular Hbond substituents is 1. The maximum absolute atomic E-state index is 9.44. The van der Waals surface area contributed by atoms with Gasteiger partial charge in [-0.1, -0.05) is 6.07 Å². The standard InChI is InChI=1S/C8H10O.C3H6O/c1-6-3-4-8(9)5-7(6)2;1-3(2)4/h3-5,9H,1-2H3;1-2H3. The van der Waals surface area contributed by atoms with Crippen molar-refractivity contribution >= 4 is 5.78 Å². The summed E-state index contributed by atoms with van der Waals surface area (Å²) in [5.74, 6) is 0.512. The number of carbonyl (C=O) groups is 1. The van der Waals surface area contributed by atoms with E-state index in [0.717, 1.165) is 5.56 Å². The number of Topliss-reactive ketones (excluding diaryl/α,β-unsaturated/α-hetero) is 1. The van der Waals surface area contributed by atoms with Gasteiger partial charge in [0.15, 0.2) is 0 Å². The van der Waals surface area contributed by atoms with Crippen LogP contribution in [0.2, 0.25) is 0 Å². The molecule has 0 aromatic heterocycles. The quantitative estimate of drug-likeness (QED) is 0.666. The van der Waals surface area contributed by atoms with E-state index < -0.39 is 0 Å². The Balaban J connectivity index is 0.000000310. The Hall–Kier alpha value is -1.31. The maximum atomic E-state index is 9.44. The maximum Gasteiger partial charge on any atom is 0.126 e. The second-order valence-electron chi connectivity index (χ2n) is 3.18. The smallest absolute Gasteiger partial charge is 0.126 e. The van der Waals surface area contributed by atoms with Crippen molar-refractivity contribution in [3.8, 4) is 5.75 Å². The third kappa shape index (κ3) is 5.91. The number of ketones is 1. The Morgan fingerprint density at radius 3 is 1.92 bits per heavy atom. The summed E-state index contributed by atoms with van der Waals surface area (Å²) in [6.45, 7) is 7.06. The molecule has 0 saturated heterocycles. The molecule has 0 atom stereocenters. The molecule has 0 aliphatic heterocycles. The van der Waals surface area contributed by atoms with Gasteiger partial charge in [-0.15, -0.1) is 0 Å². The number of hydrogen-bond donors (Lipinski definition) is 1. The monoisotopic (exact) mass is 180 g/mol. The number of rotatable bonds is 0. The van der Waals surface area contributed by atoms with Gasteiger partial charge in [0.1, 0.15) is 11.5 Å². The van der Waals surface area contributed by atoms with Crippen LogP contribution in [0.15, 0.2) is 18.2 Å². The molecular formula is C11H16O2. The van der Waals surface area contributed by atoms with Crippen LogP contribution in [-0.2, 0) is 4.79 Å². The lowest BCUT2D eigenvalue weighted by molar-refractivity contribution is -0.114. The Labute approximate surface area is 79.2 Å². The third-order valence-electron chi connectivity index (χ3n) is 1.49. The predicted octanol–water partition coefficient (Wildman–Crippen LogP) is 2.60. The zero-order valence-electron chi connectivity index (χ0n) is 8.59. The predicted molar refractivity (Wildman–Crippen MR) is 53.9 cm³/mol. The van der Waals surface area contributed by atoms with Gasteiger partial charge < -0.3 is 9.90 Å². The normalized spacial score (nSPS) is 8.62. The average Bonchev–Trinajstić information content (AvgIpc) is 1.96. The number of aryl methyl sites for hydroxylation is 2. The topological polar surface area (TPSA) is 37.3 Å². The Kier molecular flexibility index (Phi) is 4.82. The first-order chi connectivity index (χ1) is 5.93. The van der Waals surface area contributed by atoms with Gasteiger partial charge in [0, 0.05) is 0 Å². The summed E-state index contributed by atoms with van der Waals surface area (Å²) in [7, 11) is 0. The first-order valence-electron chi connectivity index (χ1n) is 4.17. The van der Waals surface area contributed by atoms with Crippen molar-refractivity contribution in [3.63, 3.8) is 0 Å². The van der Waals surface area contributed by atoms with Crippen molar-refractivity contribution in [2.24, 2.45) is 0 Å². The first-order valence-corrected chi connectivity index (χ1v) is 4.17. The highest BCUT2D eigenvalue weighted by molar-refractivity contribution is 5.72. The van der Waals surface area contributed by atoms with Gasteiger partial charge in [-0.25, -0.2) is 0 Å². The molecule has 0 bridgehead atoms. The zero-order valence-corrected chi connectivity index (χ0v) is 8.59. The van der Waals surface area contributed by atoms with Crippen LogP contribution in [0.25, 0.3) is 0 Å². The summed E-state index contributed by atoms with van der Waals surface area (Å²) < 4.78 is 0. The van der Waals surface area contributed by atoms with Crippen LogP contribution in [0.5, 0.6) is 5.75 Å². The van der Waals surface area contributed by atoms with E-state index in [-0.39, 0.29) is 5.78 Å². The zero-order chi connectivity index (χ0) is 10.4. The molecule has 13 heavy (non-hydrogen) atoms. The van der Waals surface area contributed by atoms with E-state index in [1.54, 1.807) is 12.1 Å². The van der Waals surface area contributed by atoms with Crippen molar-refractivity contribution in [3.05, 3.63) is 29.3 Å². The van der Waals surface area contributed by atoms with Crippen LogP contribution in [0, 0.1) is 13.8 Å². The van der Waals surface area contributed by atoms with Gasteiger partial charge in [-0.2, -0.15) is 0 Å². The number of aromatic hydroxyl groups is 1. The van der Waals surface area contributed by atoms with Crippen LogP contribution < -0.4 is 0 Å². The van der Waals surface area contributed by atoms with Crippen molar-refractivity contribution in [2.45, 2.75) is 27.7 Å². The SMILES string of the molecule is CC(C)=O.Cc1ccc(O)cc1C. The number of hydrogen-bond acceptors (Lipinski definition) is 2. The minimum Gasteiger partial charge on any atom is -0.508 e. The molecule has 2 heteroatoms. The molecule has 1 aromatic carbocycles. The Morgan fingerprint density at radius 1 is 1.15 bits per heavy atom. The van der Waals surface area contributed by atoms with E-state index in [1.807, 2.05) is 19.9 Å². The molecule has 0 aliphatic rings. The summed E-state index contributed by atoms with van der Waals surface area (Å²) >= 11 is 0. The van der Waals surface area contributed by atoms with Crippen LogP contribution in [0.4, 0.5) is 0 Å². The minimum atomic E-state index is 0.167. The number of carbonyl (C=O) groups excluding carboxylic acids is 1. The summed E-state index contributed by atoms with van der Waals surface area (Å²) in [5.41, 5.74) is 2.35. The van der Waals surface area contributed by atoms with Gasteiger partial charge in [0.05, 0.1) is 0 Å². The molecule has 0 spiro atoms. The van der Waals surface area contributed by atoms with Gasteiger partial charge >= 0.3 is 0 Å². The molecule has 1 aromatic rings. The van der Waals surface area contributed by atoms with E-state index in [0.29, 0.717) is 5.75 Å². The highest BCUT2D eigenvalue weighted by Crippen LogP contribution is 2.13. The molecule has 0 saturated carbocycles. The van der Waals surface area contributed by atoms with E-state index in [2.05, 4.69) is 0 Å². The summed E-state index contributed by atoms with van der Waals surface area (Å²) in [5, 5.41) is 8.94. The summed E-state index contributed by atoms with van der Waals surface area (Å²) in [4.78, 5) is 9.44. The van der Waals surface area contributed by atoms with E-state index >= 15 is 0 Å². The van der Waals surface area contributed by atoms with Gasteiger partial charge in [-0.3, -0.25) is 0 Å². The van der Waals surface area contributed by atoms with Crippen molar-refractivity contribution in [1.29, 1.82) is 0 Å². The van der Waals surface area contributed by atoms with Gasteiger partial charge in [-0.05, 0) is 51.0 Å². The fraction of sp³-hybridized carbons (Fsp3) is 0.364. The molecule has 0 amide bonds. The Morgan fingerprint density at radius 2 is 1.62 bits per heavy atom. The van der Waals surface area contributed by atoms with Gasteiger partial charge in [0.2, 0.25) is 0 Å². The fourth-order valence-electron chi connectivity index (χ4n) is 0.726. The molecule has 72 valence electrons. The second-order valence-corrected chi connectivity index (χ2v) is 3.18. The molecule has 1 rings (SSSR count). The van der Waals surface area contributed by atoms with Crippen molar-refractivity contribution in [2.75, 3.05) is 0 Å². The largest absolute Gasteiger partial charge is 0.508 e. The van der Waals surface area contributed by atoms with Crippen LogP contribution in [-0.4, -0.2) is 10.9 Å². The highest BCUT2D eigenvalue weighted by Gasteiger charge is 1.90. The summed E-state index contributed by atoms with van der Waals surface area (Å²) in [6.07, 6.45) is 0. The lowest BCUT2D eigenvalue weighted by Gasteiger charge is -1.97. The van der Waals surface area contributed by atoms with Crippen molar-refractivity contribution < 1.29 is 9.90 Å². The highest BCUT2D eigenvalue weighted by atomic mass is 16.3. The molecular weight excluding hydrogens is 164 g/mol. The lowest BCUT2D eigenvalue weighted by Crippen LogP contribution is -1.76. The molecule has 0 heterocycles. The fourth-order valence-corrected chi connectivity index (χ4v) is 0.726. The van der Waals surface area contributed by atoms with E-state index in [9.17, 15) is 4.79 Å². The van der Waals surface area contributed by atoms with Gasteiger partial charge in [0.25, 0.3) is 0 Å². The second kappa shape index (κ2) is 5.36. The van der Waals surface area contributed by atoms with E-state index in [1.165, 1.54) is 19.4 Å². The summed E-state index contributed by atoms with van der Waals surface area (Å²) in [6, 6.07) is 5.36. The van der Waals surface area contributed by atoms with Crippen molar-refractivity contribution in [1.82, 2.24) is 0 Å². The van der Waals surface area contributed by atoms with Crippen LogP contribution >= 0.6 is 0 Å². The van der Waals surface area contributed by atoms with Crippen LogP contribution in [0.3, 0.4) is 0 Å². The molecule has 2 nitrogen and oxygen atoms in total. The molecule has 0 unspecified atom stereocenters. The number of phenols is 1. The molecule has 0 radical (unpaired) electrons. The molecule has 0 fully saturated rings. The lowest BCUT2D eigenvalue weighted by atomic mass is 10.1. The number of benzene rings is 1. The van der Waals surface area contributed by atoms with E-state index in [4.69, 9.17) is 5.11 Å².